The number of benzene rings is 3. The monoisotopic (exact) mass is 425 g/mol. The summed E-state index contributed by atoms with van der Waals surface area (Å²) >= 11 is 6.52. The number of fused-ring (bicyclic) bond motifs is 1. The second-order valence-electron chi connectivity index (χ2n) is 7.12. The van der Waals surface area contributed by atoms with Gasteiger partial charge in [0.15, 0.2) is 23.0 Å². The van der Waals surface area contributed by atoms with E-state index in [-0.39, 0.29) is 6.79 Å². The molecule has 1 aliphatic rings. The van der Waals surface area contributed by atoms with E-state index in [9.17, 15) is 0 Å². The number of aryl methyl sites for hydroxylation is 1. The van der Waals surface area contributed by atoms with Crippen molar-refractivity contribution >= 4 is 11.6 Å². The molecule has 0 spiro atoms. The minimum atomic E-state index is 0.281. The van der Waals surface area contributed by atoms with Crippen molar-refractivity contribution < 1.29 is 18.9 Å². The van der Waals surface area contributed by atoms with Crippen LogP contribution in [0.15, 0.2) is 54.6 Å². The lowest BCUT2D eigenvalue weighted by Gasteiger charge is -2.15. The highest BCUT2D eigenvalue weighted by molar-refractivity contribution is 6.32. The number of hydrogen-bond acceptors (Lipinski definition) is 5. The molecule has 30 heavy (non-hydrogen) atoms. The van der Waals surface area contributed by atoms with Gasteiger partial charge < -0.3 is 24.3 Å². The summed E-state index contributed by atoms with van der Waals surface area (Å²) in [5.41, 5.74) is 4.43. The van der Waals surface area contributed by atoms with Crippen LogP contribution in [-0.2, 0) is 19.7 Å². The van der Waals surface area contributed by atoms with Gasteiger partial charge in [-0.15, -0.1) is 0 Å². The Morgan fingerprint density at radius 3 is 2.60 bits per heavy atom. The Labute approximate surface area is 181 Å². The maximum atomic E-state index is 6.52. The molecule has 156 valence electrons. The van der Waals surface area contributed by atoms with Crippen molar-refractivity contribution in [2.45, 2.75) is 26.6 Å². The largest absolute Gasteiger partial charge is 0.493 e. The van der Waals surface area contributed by atoms with Crippen LogP contribution in [0.4, 0.5) is 0 Å². The van der Waals surface area contributed by atoms with Crippen LogP contribution >= 0.6 is 11.6 Å². The van der Waals surface area contributed by atoms with Gasteiger partial charge in [0.2, 0.25) is 6.79 Å². The molecule has 0 fully saturated rings. The molecule has 0 aliphatic carbocycles. The van der Waals surface area contributed by atoms with Gasteiger partial charge in [-0.2, -0.15) is 0 Å². The average molecular weight is 426 g/mol. The van der Waals surface area contributed by atoms with Crippen LogP contribution in [0.2, 0.25) is 5.02 Å². The van der Waals surface area contributed by atoms with Crippen molar-refractivity contribution in [2.24, 2.45) is 0 Å². The highest BCUT2D eigenvalue weighted by Gasteiger charge is 2.14. The van der Waals surface area contributed by atoms with E-state index in [1.807, 2.05) is 48.5 Å². The molecule has 0 bridgehead atoms. The van der Waals surface area contributed by atoms with Crippen molar-refractivity contribution in [2.75, 3.05) is 13.9 Å². The topological polar surface area (TPSA) is 49.0 Å². The van der Waals surface area contributed by atoms with Crippen LogP contribution in [0.3, 0.4) is 0 Å². The minimum Gasteiger partial charge on any atom is -0.493 e. The summed E-state index contributed by atoms with van der Waals surface area (Å²) in [6, 6.07) is 17.9. The van der Waals surface area contributed by atoms with Gasteiger partial charge in [0.25, 0.3) is 0 Å². The molecule has 0 unspecified atom stereocenters. The van der Waals surface area contributed by atoms with E-state index in [1.165, 1.54) is 5.56 Å². The van der Waals surface area contributed by atoms with Crippen molar-refractivity contribution in [3.63, 3.8) is 0 Å². The number of methoxy groups -OCH3 is 1. The fourth-order valence-corrected chi connectivity index (χ4v) is 3.63. The summed E-state index contributed by atoms with van der Waals surface area (Å²) in [4.78, 5) is 0. The van der Waals surface area contributed by atoms with Crippen LogP contribution in [0.25, 0.3) is 0 Å². The molecule has 3 aromatic rings. The average Bonchev–Trinajstić information content (AvgIpc) is 3.21. The van der Waals surface area contributed by atoms with E-state index in [0.29, 0.717) is 36.2 Å². The van der Waals surface area contributed by atoms with E-state index >= 15 is 0 Å². The van der Waals surface area contributed by atoms with Gasteiger partial charge in [0, 0.05) is 13.1 Å². The summed E-state index contributed by atoms with van der Waals surface area (Å²) in [6.07, 6.45) is 0. The van der Waals surface area contributed by atoms with E-state index < -0.39 is 0 Å². The first-order valence-corrected chi connectivity index (χ1v) is 10.1. The van der Waals surface area contributed by atoms with Gasteiger partial charge in [0.05, 0.1) is 12.1 Å². The van der Waals surface area contributed by atoms with Crippen molar-refractivity contribution in [1.82, 2.24) is 5.32 Å². The van der Waals surface area contributed by atoms with Crippen LogP contribution < -0.4 is 24.3 Å². The summed E-state index contributed by atoms with van der Waals surface area (Å²) in [5, 5.41) is 3.95. The number of halogens is 1. The molecule has 0 saturated heterocycles. The maximum absolute atomic E-state index is 6.52. The molecule has 0 amide bonds. The van der Waals surface area contributed by atoms with Crippen molar-refractivity contribution in [3.8, 4) is 23.0 Å². The first-order chi connectivity index (χ1) is 14.6. The molecule has 5 nitrogen and oxygen atoms in total. The number of rotatable bonds is 8. The Morgan fingerprint density at radius 2 is 1.77 bits per heavy atom. The van der Waals surface area contributed by atoms with Crippen LogP contribution in [-0.4, -0.2) is 13.9 Å². The standard InChI is InChI=1S/C24H24ClNO4/c1-16-5-3-4-6-19(16)14-28-24-20(25)9-18(11-23(24)27-2)13-26-12-17-7-8-21-22(10-17)30-15-29-21/h3-11,26H,12-15H2,1-2H3. The highest BCUT2D eigenvalue weighted by atomic mass is 35.5. The van der Waals surface area contributed by atoms with Crippen molar-refractivity contribution in [3.05, 3.63) is 81.9 Å². The lowest BCUT2D eigenvalue weighted by atomic mass is 10.1. The normalized spacial score (nSPS) is 12.1. The van der Waals surface area contributed by atoms with Gasteiger partial charge in [-0.25, -0.2) is 0 Å². The van der Waals surface area contributed by atoms with Crippen LogP contribution in [0, 0.1) is 6.92 Å². The Balaban J connectivity index is 1.39. The molecule has 1 heterocycles. The number of ether oxygens (including phenoxy) is 4. The zero-order valence-electron chi connectivity index (χ0n) is 17.0. The third kappa shape index (κ3) is 4.64. The lowest BCUT2D eigenvalue weighted by Crippen LogP contribution is -2.13. The molecule has 0 atom stereocenters. The third-order valence-corrected chi connectivity index (χ3v) is 5.30. The van der Waals surface area contributed by atoms with Gasteiger partial charge in [-0.05, 0) is 53.4 Å². The zero-order valence-corrected chi connectivity index (χ0v) is 17.8. The third-order valence-electron chi connectivity index (χ3n) is 5.02. The van der Waals surface area contributed by atoms with Crippen molar-refractivity contribution in [1.29, 1.82) is 0 Å². The number of hydrogen-bond donors (Lipinski definition) is 1. The zero-order chi connectivity index (χ0) is 20.9. The molecule has 0 aromatic heterocycles. The predicted octanol–water partition coefficient (Wildman–Crippen LogP) is 5.25. The second-order valence-corrected chi connectivity index (χ2v) is 7.52. The van der Waals surface area contributed by atoms with Gasteiger partial charge in [0.1, 0.15) is 6.61 Å². The summed E-state index contributed by atoms with van der Waals surface area (Å²) in [5.74, 6) is 2.75. The van der Waals surface area contributed by atoms with Gasteiger partial charge >= 0.3 is 0 Å². The first kappa shape index (κ1) is 20.4. The Bertz CT molecular complexity index is 1040. The molecule has 3 aromatic carbocycles. The number of nitrogens with one attached hydrogen (secondary N) is 1. The Hall–Kier alpha value is -2.89. The van der Waals surface area contributed by atoms with E-state index in [4.69, 9.17) is 30.5 Å². The molecule has 1 aliphatic heterocycles. The second kappa shape index (κ2) is 9.28. The highest BCUT2D eigenvalue weighted by Crippen LogP contribution is 2.37. The first-order valence-electron chi connectivity index (χ1n) is 9.77. The fraction of sp³-hybridized carbons (Fsp3) is 0.250. The molecule has 4 rings (SSSR count). The molecule has 0 radical (unpaired) electrons. The molecule has 1 N–H and O–H groups in total. The van der Waals surface area contributed by atoms with E-state index in [2.05, 4.69) is 18.3 Å². The van der Waals surface area contributed by atoms with Gasteiger partial charge in [-0.1, -0.05) is 41.9 Å². The van der Waals surface area contributed by atoms with Crippen LogP contribution in [0.1, 0.15) is 22.3 Å². The summed E-state index contributed by atoms with van der Waals surface area (Å²) in [7, 11) is 1.62. The molecular formula is C24H24ClNO4. The summed E-state index contributed by atoms with van der Waals surface area (Å²) < 4.78 is 22.3. The van der Waals surface area contributed by atoms with Crippen LogP contribution in [0.5, 0.6) is 23.0 Å². The molecule has 6 heteroatoms. The smallest absolute Gasteiger partial charge is 0.231 e. The predicted molar refractivity (Wildman–Crippen MR) is 117 cm³/mol. The minimum absolute atomic E-state index is 0.281. The van der Waals surface area contributed by atoms with E-state index in [0.717, 1.165) is 28.2 Å². The lowest BCUT2D eigenvalue weighted by molar-refractivity contribution is 0.174. The Kier molecular flexibility index (Phi) is 6.31. The fourth-order valence-electron chi connectivity index (χ4n) is 3.34. The van der Waals surface area contributed by atoms with Gasteiger partial charge in [-0.3, -0.25) is 0 Å². The maximum Gasteiger partial charge on any atom is 0.231 e. The summed E-state index contributed by atoms with van der Waals surface area (Å²) in [6.45, 7) is 4.12. The molecule has 0 saturated carbocycles. The SMILES string of the molecule is COc1cc(CNCc2ccc3c(c2)OCO3)cc(Cl)c1OCc1ccccc1C. The quantitative estimate of drug-likeness (QED) is 0.533. The molecular weight excluding hydrogens is 402 g/mol. The van der Waals surface area contributed by atoms with E-state index in [1.54, 1.807) is 7.11 Å². The Morgan fingerprint density at radius 1 is 0.967 bits per heavy atom.